The number of carbonyl (C=O) groups is 2. The summed E-state index contributed by atoms with van der Waals surface area (Å²) in [6.07, 6.45) is -0.125. The van der Waals surface area contributed by atoms with Crippen molar-refractivity contribution in [2.75, 3.05) is 6.61 Å². The number of hydrogen-bond acceptors (Lipinski definition) is 5. The van der Waals surface area contributed by atoms with Gasteiger partial charge in [-0.1, -0.05) is 41.5 Å². The number of aromatic nitrogens is 1. The Hall–Kier alpha value is -2.73. The minimum Gasteiger partial charge on any atom is -0.504 e. The molecule has 1 heterocycles. The summed E-state index contributed by atoms with van der Waals surface area (Å²) in [6.45, 7) is 6.07. The lowest BCUT2D eigenvalue weighted by molar-refractivity contribution is -0.143. The van der Waals surface area contributed by atoms with Crippen LogP contribution in [0.15, 0.2) is 40.9 Å². The maximum atomic E-state index is 12.6. The van der Waals surface area contributed by atoms with Gasteiger partial charge in [-0.25, -0.2) is 4.98 Å². The molecule has 2 aromatic carbocycles. The van der Waals surface area contributed by atoms with Crippen LogP contribution in [-0.2, 0) is 9.53 Å². The fourth-order valence-electron chi connectivity index (χ4n) is 3.30. The minimum atomic E-state index is -0.447. The van der Waals surface area contributed by atoms with Gasteiger partial charge >= 0.3 is 5.97 Å². The number of Topliss-reactive ketones (excluding diaryl/α,β-unsaturated/α-hetero) is 1. The molecule has 0 saturated heterocycles. The van der Waals surface area contributed by atoms with Crippen molar-refractivity contribution < 1.29 is 19.4 Å². The van der Waals surface area contributed by atoms with Crippen molar-refractivity contribution in [2.24, 2.45) is 0 Å². The van der Waals surface area contributed by atoms with Crippen molar-refractivity contribution in [3.8, 4) is 16.9 Å². The number of aromatic hydroxyl groups is 1. The Bertz CT molecular complexity index is 1090. The van der Waals surface area contributed by atoms with Crippen LogP contribution in [0.25, 0.3) is 22.0 Å². The van der Waals surface area contributed by atoms with Gasteiger partial charge in [-0.2, -0.15) is 0 Å². The van der Waals surface area contributed by atoms with Gasteiger partial charge in [-0.15, -0.1) is 0 Å². The third kappa shape index (κ3) is 4.65. The summed E-state index contributed by atoms with van der Waals surface area (Å²) >= 11 is 3.38. The smallest absolute Gasteiger partial charge is 0.306 e. The molecule has 0 aliphatic heterocycles. The Morgan fingerprint density at radius 2 is 1.72 bits per heavy atom. The van der Waals surface area contributed by atoms with Gasteiger partial charge in [0, 0.05) is 11.8 Å². The van der Waals surface area contributed by atoms with E-state index >= 15 is 0 Å². The van der Waals surface area contributed by atoms with E-state index in [0.717, 1.165) is 22.3 Å². The summed E-state index contributed by atoms with van der Waals surface area (Å²) in [6, 6.07) is 12.0. The van der Waals surface area contributed by atoms with Crippen LogP contribution < -0.4 is 0 Å². The van der Waals surface area contributed by atoms with Gasteiger partial charge in [-0.3, -0.25) is 9.59 Å². The first-order valence-corrected chi connectivity index (χ1v) is 10.2. The molecule has 0 fully saturated rings. The second-order valence-corrected chi connectivity index (χ2v) is 7.75. The van der Waals surface area contributed by atoms with E-state index in [9.17, 15) is 14.7 Å². The molecule has 3 rings (SSSR count). The first-order valence-electron chi connectivity index (χ1n) is 9.40. The number of ether oxygens (including phenoxy) is 1. The van der Waals surface area contributed by atoms with Gasteiger partial charge in [0.2, 0.25) is 0 Å². The molecule has 0 spiro atoms. The van der Waals surface area contributed by atoms with Gasteiger partial charge in [0.1, 0.15) is 5.69 Å². The molecule has 1 N–H and O–H groups in total. The summed E-state index contributed by atoms with van der Waals surface area (Å²) < 4.78 is 5.26. The number of fused-ring (bicyclic) bond motifs is 1. The van der Waals surface area contributed by atoms with E-state index in [-0.39, 0.29) is 30.9 Å². The first kappa shape index (κ1) is 21.0. The summed E-state index contributed by atoms with van der Waals surface area (Å²) in [5.74, 6) is -1.07. The second kappa shape index (κ2) is 8.74. The van der Waals surface area contributed by atoms with Crippen LogP contribution in [0.2, 0.25) is 0 Å². The molecule has 29 heavy (non-hydrogen) atoms. The summed E-state index contributed by atoms with van der Waals surface area (Å²) in [5.41, 5.74) is 4.89. The van der Waals surface area contributed by atoms with Gasteiger partial charge < -0.3 is 9.84 Å². The molecule has 0 aliphatic rings. The molecule has 150 valence electrons. The van der Waals surface area contributed by atoms with Crippen LogP contribution in [0.3, 0.4) is 0 Å². The van der Waals surface area contributed by atoms with E-state index < -0.39 is 11.8 Å². The van der Waals surface area contributed by atoms with E-state index in [1.54, 1.807) is 6.92 Å². The average Bonchev–Trinajstić information content (AvgIpc) is 2.68. The molecule has 0 amide bonds. The topological polar surface area (TPSA) is 76.5 Å². The SMILES string of the molecule is CCOC(=O)CCC(=O)c1nc2cc(-c3cc(C)cc(C)c3)ccc2c(Br)c1O. The molecule has 0 atom stereocenters. The first-order chi connectivity index (χ1) is 13.8. The highest BCUT2D eigenvalue weighted by Crippen LogP contribution is 2.36. The number of halogens is 1. The molecule has 3 aromatic rings. The summed E-state index contributed by atoms with van der Waals surface area (Å²) in [4.78, 5) is 28.5. The molecule has 5 nitrogen and oxygen atoms in total. The zero-order valence-electron chi connectivity index (χ0n) is 16.6. The van der Waals surface area contributed by atoms with Crippen molar-refractivity contribution in [2.45, 2.75) is 33.6 Å². The third-order valence-electron chi connectivity index (χ3n) is 4.58. The number of aryl methyl sites for hydroxylation is 2. The van der Waals surface area contributed by atoms with E-state index in [4.69, 9.17) is 4.74 Å². The van der Waals surface area contributed by atoms with Crippen LogP contribution in [-0.4, -0.2) is 28.4 Å². The minimum absolute atomic E-state index is 0.0495. The van der Waals surface area contributed by atoms with E-state index in [1.165, 1.54) is 0 Å². The Kier molecular flexibility index (Phi) is 6.33. The zero-order valence-corrected chi connectivity index (χ0v) is 18.2. The Morgan fingerprint density at radius 1 is 1.03 bits per heavy atom. The zero-order chi connectivity index (χ0) is 21.1. The highest BCUT2D eigenvalue weighted by molar-refractivity contribution is 9.10. The molecule has 0 aliphatic carbocycles. The van der Waals surface area contributed by atoms with Gasteiger partial charge in [0.25, 0.3) is 0 Å². The van der Waals surface area contributed by atoms with Crippen LogP contribution in [0.5, 0.6) is 5.75 Å². The predicted molar refractivity (Wildman–Crippen MR) is 116 cm³/mol. The van der Waals surface area contributed by atoms with Crippen molar-refractivity contribution in [1.82, 2.24) is 4.98 Å². The Morgan fingerprint density at radius 3 is 2.38 bits per heavy atom. The van der Waals surface area contributed by atoms with Gasteiger partial charge in [0.15, 0.2) is 11.5 Å². The maximum Gasteiger partial charge on any atom is 0.306 e. The Labute approximate surface area is 177 Å². The van der Waals surface area contributed by atoms with Crippen molar-refractivity contribution >= 4 is 38.6 Å². The number of rotatable bonds is 6. The van der Waals surface area contributed by atoms with E-state index in [2.05, 4.69) is 39.1 Å². The lowest BCUT2D eigenvalue weighted by atomic mass is 9.99. The van der Waals surface area contributed by atoms with Crippen LogP contribution in [0.1, 0.15) is 41.4 Å². The highest BCUT2D eigenvalue weighted by Gasteiger charge is 2.20. The fraction of sp³-hybridized carbons (Fsp3) is 0.261. The van der Waals surface area contributed by atoms with Gasteiger partial charge in [-0.05, 0) is 53.9 Å². The van der Waals surface area contributed by atoms with Crippen LogP contribution in [0.4, 0.5) is 0 Å². The van der Waals surface area contributed by atoms with E-state index in [1.807, 2.05) is 32.0 Å². The standard InChI is InChI=1S/C23H22BrNO4/c1-4-29-20(27)8-7-19(26)22-23(28)21(24)17-6-5-15(12-18(17)25-22)16-10-13(2)9-14(3)11-16/h5-6,9-12,28H,4,7-8H2,1-3H3. The molecular formula is C23H22BrNO4. The number of pyridine rings is 1. The predicted octanol–water partition coefficient (Wildman–Crippen LogP) is 5.51. The molecule has 1 aromatic heterocycles. The van der Waals surface area contributed by atoms with Crippen LogP contribution >= 0.6 is 15.9 Å². The summed E-state index contributed by atoms with van der Waals surface area (Å²) in [5, 5.41) is 11.2. The molecule has 0 saturated carbocycles. The van der Waals surface area contributed by atoms with Crippen molar-refractivity contribution in [1.29, 1.82) is 0 Å². The number of carbonyl (C=O) groups excluding carboxylic acids is 2. The number of nitrogens with zero attached hydrogens (tertiary/aromatic N) is 1. The largest absolute Gasteiger partial charge is 0.504 e. The third-order valence-corrected chi connectivity index (χ3v) is 5.38. The quantitative estimate of drug-likeness (QED) is 0.391. The maximum absolute atomic E-state index is 12.6. The molecule has 0 bridgehead atoms. The lowest BCUT2D eigenvalue weighted by Gasteiger charge is -2.11. The Balaban J connectivity index is 2.00. The number of hydrogen-bond donors (Lipinski definition) is 1. The molecular weight excluding hydrogens is 434 g/mol. The lowest BCUT2D eigenvalue weighted by Crippen LogP contribution is -2.09. The van der Waals surface area contributed by atoms with Crippen molar-refractivity contribution in [3.05, 3.63) is 57.7 Å². The monoisotopic (exact) mass is 455 g/mol. The fourth-order valence-corrected chi connectivity index (χ4v) is 3.82. The molecule has 0 unspecified atom stereocenters. The van der Waals surface area contributed by atoms with Crippen molar-refractivity contribution in [3.63, 3.8) is 0 Å². The number of benzene rings is 2. The highest BCUT2D eigenvalue weighted by atomic mass is 79.9. The number of esters is 1. The average molecular weight is 456 g/mol. The summed E-state index contributed by atoms with van der Waals surface area (Å²) in [7, 11) is 0. The van der Waals surface area contributed by atoms with Crippen LogP contribution in [0, 0.1) is 13.8 Å². The molecule has 6 heteroatoms. The van der Waals surface area contributed by atoms with Gasteiger partial charge in [0.05, 0.1) is 23.0 Å². The second-order valence-electron chi connectivity index (χ2n) is 6.96. The normalized spacial score (nSPS) is 10.9. The molecule has 0 radical (unpaired) electrons. The number of ketones is 1. The van der Waals surface area contributed by atoms with E-state index in [0.29, 0.717) is 15.4 Å².